The molecule has 6 nitrogen and oxygen atoms in total. The molecule has 0 saturated heterocycles. The van der Waals surface area contributed by atoms with Crippen molar-refractivity contribution >= 4 is 11.8 Å². The molecule has 0 atom stereocenters. The van der Waals surface area contributed by atoms with Gasteiger partial charge in [0.05, 0.1) is 19.9 Å². The fourth-order valence-corrected chi connectivity index (χ4v) is 3.55. The molecule has 1 heterocycles. The minimum absolute atomic E-state index is 0.0327. The molecule has 2 aromatic carbocycles. The fourth-order valence-electron chi connectivity index (χ4n) is 3.55. The zero-order chi connectivity index (χ0) is 23.8. The highest BCUT2D eigenvalue weighted by Gasteiger charge is 2.31. The van der Waals surface area contributed by atoms with Crippen molar-refractivity contribution in [2.24, 2.45) is 0 Å². The van der Waals surface area contributed by atoms with E-state index in [-0.39, 0.29) is 18.4 Å². The first-order chi connectivity index (χ1) is 15.8. The van der Waals surface area contributed by atoms with Crippen LogP contribution in [0.25, 0.3) is 0 Å². The molecule has 0 fully saturated rings. The number of amides is 2. The van der Waals surface area contributed by atoms with Gasteiger partial charge in [-0.05, 0) is 63.1 Å². The standard InChI is InChI=1S/C27H32N2O4/c1-27(2,3)29(26(31)22-12-8-13-23(18-22)32-4)20-25(30)28(19-24-14-9-17-33-24)16-15-21-10-6-5-7-11-21/h5-14,17-18H,15-16,19-20H2,1-4H3. The number of hydrogen-bond donors (Lipinski definition) is 0. The van der Waals surface area contributed by atoms with Crippen molar-refractivity contribution in [3.63, 3.8) is 0 Å². The molecule has 0 spiro atoms. The number of furan rings is 1. The molecule has 0 aliphatic heterocycles. The number of benzene rings is 2. The molecule has 1 aromatic heterocycles. The van der Waals surface area contributed by atoms with Crippen LogP contribution >= 0.6 is 0 Å². The molecule has 0 bridgehead atoms. The molecule has 0 radical (unpaired) electrons. The number of carbonyl (C=O) groups is 2. The van der Waals surface area contributed by atoms with Gasteiger partial charge in [0.15, 0.2) is 0 Å². The van der Waals surface area contributed by atoms with Crippen LogP contribution in [0.1, 0.15) is 42.5 Å². The maximum absolute atomic E-state index is 13.5. The van der Waals surface area contributed by atoms with E-state index in [1.165, 1.54) is 0 Å². The Bertz CT molecular complexity index is 1040. The highest BCUT2D eigenvalue weighted by Crippen LogP contribution is 2.21. The largest absolute Gasteiger partial charge is 0.497 e. The topological polar surface area (TPSA) is 63.0 Å². The maximum Gasteiger partial charge on any atom is 0.254 e. The van der Waals surface area contributed by atoms with Crippen molar-refractivity contribution in [2.45, 2.75) is 39.3 Å². The summed E-state index contributed by atoms with van der Waals surface area (Å²) in [5.41, 5.74) is 1.08. The van der Waals surface area contributed by atoms with Crippen molar-refractivity contribution in [2.75, 3.05) is 20.2 Å². The molecule has 0 unspecified atom stereocenters. The second kappa shape index (κ2) is 10.9. The zero-order valence-corrected chi connectivity index (χ0v) is 19.8. The Labute approximate surface area is 195 Å². The van der Waals surface area contributed by atoms with Gasteiger partial charge < -0.3 is 19.0 Å². The molecule has 2 amide bonds. The number of rotatable bonds is 9. The van der Waals surface area contributed by atoms with Gasteiger partial charge in [0.2, 0.25) is 5.91 Å². The molecule has 174 valence electrons. The van der Waals surface area contributed by atoms with Gasteiger partial charge in [-0.15, -0.1) is 0 Å². The third-order valence-electron chi connectivity index (χ3n) is 5.46. The quantitative estimate of drug-likeness (QED) is 0.472. The van der Waals surface area contributed by atoms with Gasteiger partial charge in [0, 0.05) is 17.6 Å². The summed E-state index contributed by atoms with van der Waals surface area (Å²) in [6.07, 6.45) is 2.32. The fraction of sp³-hybridized carbons (Fsp3) is 0.333. The van der Waals surface area contributed by atoms with Gasteiger partial charge in [0.25, 0.3) is 5.91 Å². The van der Waals surface area contributed by atoms with E-state index in [0.717, 1.165) is 5.56 Å². The Balaban J connectivity index is 1.80. The summed E-state index contributed by atoms with van der Waals surface area (Å²) in [6, 6.07) is 20.7. The highest BCUT2D eigenvalue weighted by molar-refractivity contribution is 5.97. The van der Waals surface area contributed by atoms with E-state index in [1.807, 2.05) is 63.2 Å². The summed E-state index contributed by atoms with van der Waals surface area (Å²) in [5, 5.41) is 0. The summed E-state index contributed by atoms with van der Waals surface area (Å²) in [6.45, 7) is 6.63. The predicted octanol–water partition coefficient (Wildman–Crippen LogP) is 4.80. The SMILES string of the molecule is COc1cccc(C(=O)N(CC(=O)N(CCc2ccccc2)Cc2ccco2)C(C)(C)C)c1. The van der Waals surface area contributed by atoms with Crippen molar-refractivity contribution < 1.29 is 18.7 Å². The van der Waals surface area contributed by atoms with Crippen LogP contribution in [-0.4, -0.2) is 47.4 Å². The molecule has 0 saturated carbocycles. The molecule has 0 N–H and O–H groups in total. The first-order valence-electron chi connectivity index (χ1n) is 11.1. The number of carbonyl (C=O) groups excluding carboxylic acids is 2. The monoisotopic (exact) mass is 448 g/mol. The van der Waals surface area contributed by atoms with Gasteiger partial charge in [-0.1, -0.05) is 36.4 Å². The van der Waals surface area contributed by atoms with Gasteiger partial charge in [-0.25, -0.2) is 0 Å². The Morgan fingerprint density at radius 2 is 1.73 bits per heavy atom. The van der Waals surface area contributed by atoms with Gasteiger partial charge in [-0.2, -0.15) is 0 Å². The summed E-state index contributed by atoms with van der Waals surface area (Å²) in [5.74, 6) is 0.963. The van der Waals surface area contributed by atoms with Crippen LogP contribution in [0.4, 0.5) is 0 Å². The van der Waals surface area contributed by atoms with E-state index in [2.05, 4.69) is 0 Å². The summed E-state index contributed by atoms with van der Waals surface area (Å²) >= 11 is 0. The van der Waals surface area contributed by atoms with E-state index < -0.39 is 5.54 Å². The van der Waals surface area contributed by atoms with Gasteiger partial charge >= 0.3 is 0 Å². The van der Waals surface area contributed by atoms with Gasteiger partial charge in [-0.3, -0.25) is 9.59 Å². The first-order valence-corrected chi connectivity index (χ1v) is 11.1. The predicted molar refractivity (Wildman–Crippen MR) is 128 cm³/mol. The normalized spacial score (nSPS) is 11.2. The molecular formula is C27H32N2O4. The van der Waals surface area contributed by atoms with Crippen LogP contribution in [0.15, 0.2) is 77.4 Å². The Kier molecular flexibility index (Phi) is 7.93. The molecule has 3 aromatic rings. The Morgan fingerprint density at radius 3 is 2.36 bits per heavy atom. The maximum atomic E-state index is 13.5. The van der Waals surface area contributed by atoms with E-state index in [4.69, 9.17) is 9.15 Å². The summed E-state index contributed by atoms with van der Waals surface area (Å²) in [7, 11) is 1.56. The Hall–Kier alpha value is -3.54. The minimum Gasteiger partial charge on any atom is -0.497 e. The van der Waals surface area contributed by atoms with Crippen molar-refractivity contribution in [1.82, 2.24) is 9.80 Å². The number of hydrogen-bond acceptors (Lipinski definition) is 4. The minimum atomic E-state index is -0.550. The van der Waals surface area contributed by atoms with E-state index in [9.17, 15) is 9.59 Å². The second-order valence-electron chi connectivity index (χ2n) is 8.92. The lowest BCUT2D eigenvalue weighted by atomic mass is 10.0. The van der Waals surface area contributed by atoms with Crippen LogP contribution < -0.4 is 4.74 Å². The van der Waals surface area contributed by atoms with Crippen molar-refractivity contribution in [3.05, 3.63) is 89.9 Å². The first kappa shape index (κ1) is 24.1. The zero-order valence-electron chi connectivity index (χ0n) is 19.8. The second-order valence-corrected chi connectivity index (χ2v) is 8.92. The average Bonchev–Trinajstić information content (AvgIpc) is 3.32. The number of methoxy groups -OCH3 is 1. The molecule has 6 heteroatoms. The smallest absolute Gasteiger partial charge is 0.254 e. The lowest BCUT2D eigenvalue weighted by Gasteiger charge is -2.37. The lowest BCUT2D eigenvalue weighted by molar-refractivity contribution is -0.133. The van der Waals surface area contributed by atoms with Crippen molar-refractivity contribution in [1.29, 1.82) is 0 Å². The molecule has 0 aliphatic carbocycles. The Morgan fingerprint density at radius 1 is 0.970 bits per heavy atom. The molecule has 33 heavy (non-hydrogen) atoms. The summed E-state index contributed by atoms with van der Waals surface area (Å²) < 4.78 is 10.8. The van der Waals surface area contributed by atoms with Crippen LogP contribution in [0.2, 0.25) is 0 Å². The van der Waals surface area contributed by atoms with Crippen LogP contribution in [0.3, 0.4) is 0 Å². The third kappa shape index (κ3) is 6.72. The molecule has 0 aliphatic rings. The third-order valence-corrected chi connectivity index (χ3v) is 5.46. The van der Waals surface area contributed by atoms with E-state index in [1.54, 1.807) is 47.4 Å². The van der Waals surface area contributed by atoms with E-state index >= 15 is 0 Å². The van der Waals surface area contributed by atoms with Crippen molar-refractivity contribution in [3.8, 4) is 5.75 Å². The van der Waals surface area contributed by atoms with Crippen LogP contribution in [0.5, 0.6) is 5.75 Å². The number of ether oxygens (including phenoxy) is 1. The average molecular weight is 449 g/mol. The molecule has 3 rings (SSSR count). The number of nitrogens with zero attached hydrogens (tertiary/aromatic N) is 2. The van der Waals surface area contributed by atoms with Crippen LogP contribution in [0, 0.1) is 0 Å². The molecular weight excluding hydrogens is 416 g/mol. The van der Waals surface area contributed by atoms with Crippen LogP contribution in [-0.2, 0) is 17.8 Å². The van der Waals surface area contributed by atoms with Gasteiger partial charge in [0.1, 0.15) is 18.1 Å². The van der Waals surface area contributed by atoms with E-state index in [0.29, 0.717) is 36.6 Å². The lowest BCUT2D eigenvalue weighted by Crippen LogP contribution is -2.51. The highest BCUT2D eigenvalue weighted by atomic mass is 16.5. The summed E-state index contributed by atoms with van der Waals surface area (Å²) in [4.78, 5) is 30.2.